The number of alkyl halides is 2. The normalized spacial score (nSPS) is 11.2. The van der Waals surface area contributed by atoms with Crippen molar-refractivity contribution >= 4 is 28.1 Å². The Morgan fingerprint density at radius 2 is 2.03 bits per heavy atom. The number of hydrogen-bond donors (Lipinski definition) is 1. The second-order valence-corrected chi connectivity index (χ2v) is 6.58. The van der Waals surface area contributed by atoms with E-state index in [1.807, 2.05) is 29.8 Å². The molecule has 2 aromatic heterocycles. The van der Waals surface area contributed by atoms with Crippen molar-refractivity contribution in [3.05, 3.63) is 64.9 Å². The molecule has 4 rings (SSSR count). The Balaban J connectivity index is 1.70. The molecule has 0 atom stereocenters. The zero-order valence-electron chi connectivity index (χ0n) is 16.5. The Morgan fingerprint density at radius 1 is 1.22 bits per heavy atom. The van der Waals surface area contributed by atoms with Crippen LogP contribution < -0.4 is 10.1 Å². The number of aromatic nitrogens is 4. The van der Waals surface area contributed by atoms with Crippen LogP contribution in [0.15, 0.2) is 48.9 Å². The summed E-state index contributed by atoms with van der Waals surface area (Å²) in [6.07, 6.45) is 2.97. The number of fused-ring (bicyclic) bond motifs is 1. The molecule has 0 aliphatic heterocycles. The molecule has 2 heterocycles. The average Bonchev–Trinajstić information content (AvgIpc) is 3.17. The van der Waals surface area contributed by atoms with Gasteiger partial charge in [0.1, 0.15) is 12.1 Å². The fourth-order valence-corrected chi connectivity index (χ4v) is 3.19. The first-order valence-electron chi connectivity index (χ1n) is 9.33. The van der Waals surface area contributed by atoms with Crippen LogP contribution in [0.2, 0.25) is 0 Å². The molecule has 0 unspecified atom stereocenters. The van der Waals surface area contributed by atoms with E-state index < -0.39 is 28.8 Å². The molecule has 0 saturated heterocycles. The van der Waals surface area contributed by atoms with Crippen molar-refractivity contribution in [1.82, 2.24) is 19.7 Å². The van der Waals surface area contributed by atoms with Crippen LogP contribution in [0, 0.1) is 15.9 Å². The van der Waals surface area contributed by atoms with E-state index in [1.54, 1.807) is 6.20 Å². The molecule has 12 heteroatoms. The highest BCUT2D eigenvalue weighted by Gasteiger charge is 2.21. The third-order valence-electron chi connectivity index (χ3n) is 4.63. The Labute approximate surface area is 178 Å². The molecular weight excluding hydrogens is 429 g/mol. The molecule has 2 aromatic carbocycles. The molecule has 9 nitrogen and oxygen atoms in total. The van der Waals surface area contributed by atoms with Gasteiger partial charge < -0.3 is 10.1 Å². The number of benzene rings is 2. The number of nitro benzene ring substituents is 1. The number of nitrogens with zero attached hydrogens (tertiary/aromatic N) is 5. The molecule has 0 aliphatic carbocycles. The molecule has 0 radical (unpaired) electrons. The van der Waals surface area contributed by atoms with Gasteiger partial charge in [0, 0.05) is 35.7 Å². The van der Waals surface area contributed by atoms with E-state index in [4.69, 9.17) is 0 Å². The van der Waals surface area contributed by atoms with Crippen LogP contribution in [0.5, 0.6) is 5.75 Å². The first kappa shape index (κ1) is 21.0. The number of ether oxygens (including phenoxy) is 1. The van der Waals surface area contributed by atoms with Crippen molar-refractivity contribution in [2.24, 2.45) is 0 Å². The third-order valence-corrected chi connectivity index (χ3v) is 4.63. The summed E-state index contributed by atoms with van der Waals surface area (Å²) in [5, 5.41) is 18.9. The summed E-state index contributed by atoms with van der Waals surface area (Å²) in [7, 11) is 0. The van der Waals surface area contributed by atoms with E-state index in [1.165, 1.54) is 12.4 Å². The van der Waals surface area contributed by atoms with Crippen molar-refractivity contribution < 1.29 is 22.8 Å². The molecular formula is C20H15F3N6O3. The van der Waals surface area contributed by atoms with Gasteiger partial charge in [0.15, 0.2) is 5.75 Å². The molecule has 0 fully saturated rings. The summed E-state index contributed by atoms with van der Waals surface area (Å²) < 4.78 is 45.5. The molecule has 1 N–H and O–H groups in total. The summed E-state index contributed by atoms with van der Waals surface area (Å²) in [6, 6.07) is 8.43. The number of anilines is 2. The van der Waals surface area contributed by atoms with Gasteiger partial charge in [0.05, 0.1) is 28.0 Å². The number of nitro groups is 1. The summed E-state index contributed by atoms with van der Waals surface area (Å²) in [4.78, 5) is 18.3. The van der Waals surface area contributed by atoms with E-state index in [-0.39, 0.29) is 11.5 Å². The molecule has 4 aromatic rings. The van der Waals surface area contributed by atoms with Crippen LogP contribution in [0.4, 0.5) is 30.4 Å². The second kappa shape index (κ2) is 8.49. The number of hydrogen-bond acceptors (Lipinski definition) is 7. The molecule has 0 amide bonds. The van der Waals surface area contributed by atoms with Gasteiger partial charge in [-0.05, 0) is 19.1 Å². The van der Waals surface area contributed by atoms with Crippen LogP contribution in [-0.4, -0.2) is 31.3 Å². The number of halogens is 3. The number of nitrogens with one attached hydrogen (secondary N) is 1. The zero-order valence-corrected chi connectivity index (χ0v) is 16.5. The van der Waals surface area contributed by atoms with Gasteiger partial charge >= 0.3 is 12.3 Å². The molecule has 0 saturated carbocycles. The summed E-state index contributed by atoms with van der Waals surface area (Å²) in [6.45, 7) is -0.556. The third kappa shape index (κ3) is 4.15. The van der Waals surface area contributed by atoms with E-state index in [0.29, 0.717) is 11.8 Å². The van der Waals surface area contributed by atoms with E-state index in [9.17, 15) is 23.3 Å². The Kier molecular flexibility index (Phi) is 5.58. The highest BCUT2D eigenvalue weighted by molar-refractivity contribution is 5.84. The largest absolute Gasteiger partial charge is 0.432 e. The standard InChI is InChI=1S/C20H15F3N6O3/c1-2-28-16-4-3-11(5-12(16)9-26-28)14-8-19(25-10-24-14)27-15-7-17(29(30)31)13(21)6-18(15)32-20(22)23/h3-10,20H,2H2,1H3,(H,24,25,27). The minimum absolute atomic E-state index is 0.138. The Morgan fingerprint density at radius 3 is 2.75 bits per heavy atom. The topological polar surface area (TPSA) is 108 Å². The lowest BCUT2D eigenvalue weighted by atomic mass is 10.1. The quantitative estimate of drug-likeness (QED) is 0.319. The minimum atomic E-state index is -3.26. The van der Waals surface area contributed by atoms with Crippen LogP contribution in [0.3, 0.4) is 0 Å². The lowest BCUT2D eigenvalue weighted by molar-refractivity contribution is -0.387. The molecule has 32 heavy (non-hydrogen) atoms. The molecule has 164 valence electrons. The maximum Gasteiger partial charge on any atom is 0.387 e. The first-order chi connectivity index (χ1) is 15.4. The summed E-state index contributed by atoms with van der Waals surface area (Å²) in [5.74, 6) is -1.77. The van der Waals surface area contributed by atoms with Gasteiger partial charge in [0.2, 0.25) is 5.82 Å². The molecule has 0 bridgehead atoms. The lowest BCUT2D eigenvalue weighted by Crippen LogP contribution is -2.07. The smallest absolute Gasteiger partial charge is 0.387 e. The number of rotatable bonds is 7. The predicted octanol–water partition coefficient (Wildman–Crippen LogP) is 4.91. The van der Waals surface area contributed by atoms with Crippen molar-refractivity contribution in [1.29, 1.82) is 0 Å². The zero-order chi connectivity index (χ0) is 22.8. The Hall–Kier alpha value is -4.22. The second-order valence-electron chi connectivity index (χ2n) is 6.58. The average molecular weight is 444 g/mol. The highest BCUT2D eigenvalue weighted by Crippen LogP contribution is 2.35. The van der Waals surface area contributed by atoms with E-state index in [2.05, 4.69) is 25.1 Å². The first-order valence-corrected chi connectivity index (χ1v) is 9.33. The van der Waals surface area contributed by atoms with Crippen molar-refractivity contribution in [2.45, 2.75) is 20.1 Å². The van der Waals surface area contributed by atoms with Gasteiger partial charge in [-0.25, -0.2) is 9.97 Å². The molecule has 0 aliphatic rings. The van der Waals surface area contributed by atoms with Crippen LogP contribution >= 0.6 is 0 Å². The summed E-state index contributed by atoms with van der Waals surface area (Å²) >= 11 is 0. The van der Waals surface area contributed by atoms with Gasteiger partial charge in [-0.1, -0.05) is 6.07 Å². The fourth-order valence-electron chi connectivity index (χ4n) is 3.19. The van der Waals surface area contributed by atoms with E-state index >= 15 is 0 Å². The van der Waals surface area contributed by atoms with Crippen LogP contribution in [-0.2, 0) is 6.54 Å². The van der Waals surface area contributed by atoms with Gasteiger partial charge in [-0.15, -0.1) is 0 Å². The maximum absolute atomic E-state index is 13.9. The molecule has 0 spiro atoms. The maximum atomic E-state index is 13.9. The van der Waals surface area contributed by atoms with E-state index in [0.717, 1.165) is 29.1 Å². The van der Waals surface area contributed by atoms with Gasteiger partial charge in [-0.3, -0.25) is 14.8 Å². The minimum Gasteiger partial charge on any atom is -0.432 e. The number of aryl methyl sites for hydroxylation is 1. The lowest BCUT2D eigenvalue weighted by Gasteiger charge is -2.13. The fraction of sp³-hybridized carbons (Fsp3) is 0.150. The van der Waals surface area contributed by atoms with Crippen LogP contribution in [0.25, 0.3) is 22.2 Å². The monoisotopic (exact) mass is 444 g/mol. The van der Waals surface area contributed by atoms with Gasteiger partial charge in [-0.2, -0.15) is 18.3 Å². The van der Waals surface area contributed by atoms with Crippen LogP contribution in [0.1, 0.15) is 6.92 Å². The van der Waals surface area contributed by atoms with Crippen molar-refractivity contribution in [2.75, 3.05) is 5.32 Å². The Bertz CT molecular complexity index is 1310. The van der Waals surface area contributed by atoms with Crippen molar-refractivity contribution in [3.63, 3.8) is 0 Å². The SMILES string of the molecule is CCn1ncc2cc(-c3cc(Nc4cc([N+](=O)[O-])c(F)cc4OC(F)F)ncn3)ccc21. The summed E-state index contributed by atoms with van der Waals surface area (Å²) in [5.41, 5.74) is 1.05. The predicted molar refractivity (Wildman–Crippen MR) is 109 cm³/mol. The highest BCUT2D eigenvalue weighted by atomic mass is 19.3. The van der Waals surface area contributed by atoms with Gasteiger partial charge in [0.25, 0.3) is 0 Å². The van der Waals surface area contributed by atoms with Crippen molar-refractivity contribution in [3.8, 4) is 17.0 Å².